The summed E-state index contributed by atoms with van der Waals surface area (Å²) in [6, 6.07) is 7.45. The van der Waals surface area contributed by atoms with Crippen LogP contribution in [0.3, 0.4) is 0 Å². The monoisotopic (exact) mass is 214 g/mol. The topological polar surface area (TPSA) is 80.4 Å². The molecule has 1 N–H and O–H groups in total. The molecule has 2 aromatic heterocycles. The third-order valence-corrected chi connectivity index (χ3v) is 2.27. The number of benzene rings is 1. The fourth-order valence-electron chi connectivity index (χ4n) is 1.56. The van der Waals surface area contributed by atoms with Gasteiger partial charge in [0.1, 0.15) is 0 Å². The number of hydrogen-bond donors (Lipinski definition) is 1. The molecular formula is C10H6N4O2. The van der Waals surface area contributed by atoms with Crippen molar-refractivity contribution < 1.29 is 9.90 Å². The molecule has 0 aliphatic heterocycles. The van der Waals surface area contributed by atoms with Gasteiger partial charge in [-0.25, -0.2) is 9.78 Å². The van der Waals surface area contributed by atoms with E-state index >= 15 is 0 Å². The molecule has 3 rings (SSSR count). The van der Waals surface area contributed by atoms with E-state index in [2.05, 4.69) is 15.1 Å². The zero-order valence-electron chi connectivity index (χ0n) is 8.03. The number of para-hydroxylation sites is 1. The number of aromatic nitrogens is 4. The summed E-state index contributed by atoms with van der Waals surface area (Å²) in [6.07, 6.45) is 1.64. The van der Waals surface area contributed by atoms with E-state index in [1.165, 1.54) is 4.52 Å². The standard InChI is InChI=1S/C10H6N4O2/c15-9(16)8-12-10-11-5-6-3-1-2-4-7(6)14(10)13-8/h1-5H,(H,15,16). The molecule has 0 bridgehead atoms. The first-order valence-electron chi connectivity index (χ1n) is 4.59. The predicted molar refractivity (Wildman–Crippen MR) is 55.2 cm³/mol. The molecule has 0 saturated carbocycles. The average molecular weight is 214 g/mol. The smallest absolute Gasteiger partial charge is 0.375 e. The van der Waals surface area contributed by atoms with Gasteiger partial charge in [-0.2, -0.15) is 9.50 Å². The molecule has 6 heteroatoms. The van der Waals surface area contributed by atoms with E-state index in [4.69, 9.17) is 5.11 Å². The molecule has 3 aromatic rings. The molecule has 1 aromatic carbocycles. The van der Waals surface area contributed by atoms with Gasteiger partial charge in [-0.1, -0.05) is 18.2 Å². The molecule has 0 spiro atoms. The Balaban J connectivity index is 2.46. The highest BCUT2D eigenvalue weighted by molar-refractivity contribution is 5.85. The Morgan fingerprint density at radius 3 is 2.94 bits per heavy atom. The van der Waals surface area contributed by atoms with Crippen LogP contribution < -0.4 is 0 Å². The van der Waals surface area contributed by atoms with Crippen molar-refractivity contribution in [3.63, 3.8) is 0 Å². The first-order valence-corrected chi connectivity index (χ1v) is 4.59. The van der Waals surface area contributed by atoms with Gasteiger partial charge in [0.05, 0.1) is 5.52 Å². The molecular weight excluding hydrogens is 208 g/mol. The Bertz CT molecular complexity index is 704. The van der Waals surface area contributed by atoms with Crippen molar-refractivity contribution in [3.05, 3.63) is 36.3 Å². The van der Waals surface area contributed by atoms with Crippen molar-refractivity contribution in [2.45, 2.75) is 0 Å². The van der Waals surface area contributed by atoms with Crippen LogP contribution in [0.15, 0.2) is 30.5 Å². The van der Waals surface area contributed by atoms with Crippen LogP contribution in [-0.4, -0.2) is 30.7 Å². The highest BCUT2D eigenvalue weighted by Gasteiger charge is 2.12. The van der Waals surface area contributed by atoms with E-state index < -0.39 is 5.97 Å². The van der Waals surface area contributed by atoms with Gasteiger partial charge in [-0.3, -0.25) is 0 Å². The lowest BCUT2D eigenvalue weighted by Gasteiger charge is -1.97. The third kappa shape index (κ3) is 1.13. The first kappa shape index (κ1) is 8.78. The van der Waals surface area contributed by atoms with Crippen LogP contribution in [0.2, 0.25) is 0 Å². The van der Waals surface area contributed by atoms with Gasteiger partial charge in [-0.15, -0.1) is 5.10 Å². The first-order chi connectivity index (χ1) is 7.75. The molecule has 0 radical (unpaired) electrons. The van der Waals surface area contributed by atoms with E-state index in [1.54, 1.807) is 6.20 Å². The van der Waals surface area contributed by atoms with E-state index in [0.717, 1.165) is 10.9 Å². The predicted octanol–water partition coefficient (Wildman–Crippen LogP) is 0.976. The molecule has 16 heavy (non-hydrogen) atoms. The van der Waals surface area contributed by atoms with Crippen LogP contribution in [0, 0.1) is 0 Å². The Hall–Kier alpha value is -2.50. The van der Waals surface area contributed by atoms with Crippen LogP contribution in [0.4, 0.5) is 0 Å². The Kier molecular flexibility index (Phi) is 1.64. The van der Waals surface area contributed by atoms with Gasteiger partial charge in [0.25, 0.3) is 11.6 Å². The number of rotatable bonds is 1. The molecule has 0 aliphatic carbocycles. The Morgan fingerprint density at radius 2 is 2.12 bits per heavy atom. The molecule has 0 unspecified atom stereocenters. The van der Waals surface area contributed by atoms with Gasteiger partial charge < -0.3 is 5.11 Å². The summed E-state index contributed by atoms with van der Waals surface area (Å²) in [5.74, 6) is -1.12. The quantitative estimate of drug-likeness (QED) is 0.653. The highest BCUT2D eigenvalue weighted by Crippen LogP contribution is 2.12. The summed E-state index contributed by atoms with van der Waals surface area (Å²) in [6.45, 7) is 0. The second-order valence-electron chi connectivity index (χ2n) is 3.27. The summed E-state index contributed by atoms with van der Waals surface area (Å²) in [5.41, 5.74) is 0.785. The zero-order chi connectivity index (χ0) is 11.1. The number of aromatic carboxylic acids is 1. The summed E-state index contributed by atoms with van der Waals surface area (Å²) in [5, 5.41) is 13.6. The fraction of sp³-hybridized carbons (Fsp3) is 0. The minimum atomic E-state index is -1.16. The average Bonchev–Trinajstić information content (AvgIpc) is 2.73. The summed E-state index contributed by atoms with van der Waals surface area (Å²) in [4.78, 5) is 18.6. The van der Waals surface area contributed by atoms with Crippen molar-refractivity contribution in [1.29, 1.82) is 0 Å². The molecule has 78 valence electrons. The Morgan fingerprint density at radius 1 is 1.31 bits per heavy atom. The summed E-state index contributed by atoms with van der Waals surface area (Å²) < 4.78 is 1.43. The number of fused-ring (bicyclic) bond motifs is 3. The minimum absolute atomic E-state index is 0.246. The van der Waals surface area contributed by atoms with Gasteiger partial charge >= 0.3 is 5.97 Å². The lowest BCUT2D eigenvalue weighted by Crippen LogP contribution is -1.99. The lowest BCUT2D eigenvalue weighted by molar-refractivity contribution is 0.0684. The second-order valence-corrected chi connectivity index (χ2v) is 3.27. The van der Waals surface area contributed by atoms with Crippen molar-refractivity contribution in [2.75, 3.05) is 0 Å². The molecule has 2 heterocycles. The van der Waals surface area contributed by atoms with Crippen LogP contribution in [-0.2, 0) is 0 Å². The number of nitrogens with zero attached hydrogens (tertiary/aromatic N) is 4. The Labute approximate surface area is 89.2 Å². The third-order valence-electron chi connectivity index (χ3n) is 2.27. The molecule has 0 saturated heterocycles. The number of carboxylic acid groups (broad SMARTS) is 1. The van der Waals surface area contributed by atoms with Gasteiger partial charge in [0, 0.05) is 11.6 Å². The SMILES string of the molecule is O=C(O)c1nc2ncc3ccccc3n2n1. The van der Waals surface area contributed by atoms with Crippen LogP contribution in [0.5, 0.6) is 0 Å². The van der Waals surface area contributed by atoms with Gasteiger partial charge in [-0.05, 0) is 6.07 Å². The van der Waals surface area contributed by atoms with E-state index in [9.17, 15) is 4.79 Å². The van der Waals surface area contributed by atoms with Crippen molar-refractivity contribution in [2.24, 2.45) is 0 Å². The van der Waals surface area contributed by atoms with Crippen molar-refractivity contribution >= 4 is 22.6 Å². The van der Waals surface area contributed by atoms with Crippen LogP contribution in [0.25, 0.3) is 16.7 Å². The van der Waals surface area contributed by atoms with Gasteiger partial charge in [0.15, 0.2) is 0 Å². The fourth-order valence-corrected chi connectivity index (χ4v) is 1.56. The summed E-state index contributed by atoms with van der Waals surface area (Å²) in [7, 11) is 0. The van der Waals surface area contributed by atoms with Crippen molar-refractivity contribution in [3.8, 4) is 0 Å². The van der Waals surface area contributed by atoms with Crippen LogP contribution in [0.1, 0.15) is 10.6 Å². The van der Waals surface area contributed by atoms with Gasteiger partial charge in [0.2, 0.25) is 0 Å². The molecule has 0 amide bonds. The lowest BCUT2D eigenvalue weighted by atomic mass is 10.2. The van der Waals surface area contributed by atoms with E-state index in [1.807, 2.05) is 24.3 Å². The van der Waals surface area contributed by atoms with E-state index in [0.29, 0.717) is 0 Å². The second kappa shape index (κ2) is 2.99. The summed E-state index contributed by atoms with van der Waals surface area (Å²) >= 11 is 0. The highest BCUT2D eigenvalue weighted by atomic mass is 16.4. The molecule has 0 aliphatic rings. The minimum Gasteiger partial charge on any atom is -0.475 e. The van der Waals surface area contributed by atoms with Crippen molar-refractivity contribution in [1.82, 2.24) is 19.6 Å². The van der Waals surface area contributed by atoms with Crippen LogP contribution >= 0.6 is 0 Å². The van der Waals surface area contributed by atoms with E-state index in [-0.39, 0.29) is 11.6 Å². The number of carboxylic acids is 1. The molecule has 6 nitrogen and oxygen atoms in total. The maximum Gasteiger partial charge on any atom is 0.375 e. The number of hydrogen-bond acceptors (Lipinski definition) is 4. The normalized spacial score (nSPS) is 11.0. The maximum absolute atomic E-state index is 10.7. The largest absolute Gasteiger partial charge is 0.475 e. The maximum atomic E-state index is 10.7. The molecule has 0 fully saturated rings. The zero-order valence-corrected chi connectivity index (χ0v) is 8.03. The number of carbonyl (C=O) groups is 1. The molecule has 0 atom stereocenters.